The third kappa shape index (κ3) is 11.8. The number of amides is 3. The summed E-state index contributed by atoms with van der Waals surface area (Å²) in [6.45, 7) is 8.68. The Morgan fingerprint density at radius 1 is 0.789 bits per heavy atom. The molecule has 0 radical (unpaired) electrons. The van der Waals surface area contributed by atoms with E-state index in [0.29, 0.717) is 23.4 Å². The monoisotopic (exact) mass is 781 g/mol. The Morgan fingerprint density at radius 2 is 1.40 bits per heavy atom. The first kappa shape index (κ1) is 42.2. The fourth-order valence-electron chi connectivity index (χ4n) is 6.70. The van der Waals surface area contributed by atoms with Gasteiger partial charge in [-0.1, -0.05) is 56.3 Å². The van der Waals surface area contributed by atoms with Crippen molar-refractivity contribution in [3.05, 3.63) is 131 Å². The van der Waals surface area contributed by atoms with Crippen LogP contribution in [0.25, 0.3) is 0 Å². The molecule has 4 atom stereocenters. The quantitative estimate of drug-likeness (QED) is 0.0653. The molecule has 0 aliphatic carbocycles. The van der Waals surface area contributed by atoms with Crippen LogP contribution >= 0.6 is 0 Å². The molecule has 5 rings (SSSR count). The number of esters is 1. The van der Waals surface area contributed by atoms with Crippen LogP contribution in [0.3, 0.4) is 0 Å². The van der Waals surface area contributed by atoms with Gasteiger partial charge in [0.2, 0.25) is 11.8 Å². The SMILES string of the molecule is CC(C)C[C@@H](NC(=O)COc1ccc(C2C(CCC(=O)c3ccc(F)cc3)C(=O)N2c2ccc(F)cc2)cc1)C(=O)NC(Cc1ccccc1)C(=O)OC(C)(C)C. The van der Waals surface area contributed by atoms with Crippen LogP contribution in [0.1, 0.15) is 81.4 Å². The number of hydrogen-bond acceptors (Lipinski definition) is 7. The Balaban J connectivity index is 1.23. The second kappa shape index (κ2) is 18.8. The highest BCUT2D eigenvalue weighted by atomic mass is 19.1. The lowest BCUT2D eigenvalue weighted by Crippen LogP contribution is -2.55. The smallest absolute Gasteiger partial charge is 0.329 e. The van der Waals surface area contributed by atoms with E-state index in [9.17, 15) is 32.8 Å². The van der Waals surface area contributed by atoms with E-state index in [1.807, 2.05) is 44.2 Å². The Morgan fingerprint density at radius 3 is 2.00 bits per heavy atom. The Hall–Kier alpha value is -5.91. The molecule has 10 nitrogen and oxygen atoms in total. The van der Waals surface area contributed by atoms with Gasteiger partial charge in [0, 0.05) is 24.1 Å². The van der Waals surface area contributed by atoms with Crippen LogP contribution in [0.5, 0.6) is 5.75 Å². The molecule has 57 heavy (non-hydrogen) atoms. The number of nitrogens with zero attached hydrogens (tertiary/aromatic N) is 1. The minimum absolute atomic E-state index is 0.0290. The molecule has 0 spiro atoms. The minimum Gasteiger partial charge on any atom is -0.484 e. The van der Waals surface area contributed by atoms with E-state index >= 15 is 0 Å². The molecule has 3 amide bonds. The van der Waals surface area contributed by atoms with E-state index in [-0.39, 0.29) is 36.9 Å². The molecule has 4 aromatic carbocycles. The first-order valence-electron chi connectivity index (χ1n) is 19.0. The second-order valence-corrected chi connectivity index (χ2v) is 15.6. The molecule has 1 heterocycles. The largest absolute Gasteiger partial charge is 0.484 e. The highest BCUT2D eigenvalue weighted by Crippen LogP contribution is 2.46. The lowest BCUT2D eigenvalue weighted by molar-refractivity contribution is -0.158. The zero-order valence-corrected chi connectivity index (χ0v) is 32.8. The summed E-state index contributed by atoms with van der Waals surface area (Å²) in [5.74, 6) is -3.15. The number of hydrogen-bond donors (Lipinski definition) is 2. The van der Waals surface area contributed by atoms with Gasteiger partial charge in [0.15, 0.2) is 12.4 Å². The molecule has 0 bridgehead atoms. The third-order valence-corrected chi connectivity index (χ3v) is 9.41. The normalized spacial score (nSPS) is 16.3. The van der Waals surface area contributed by atoms with Gasteiger partial charge in [-0.2, -0.15) is 0 Å². The average molecular weight is 782 g/mol. The summed E-state index contributed by atoms with van der Waals surface area (Å²) in [5.41, 5.74) is 1.64. The van der Waals surface area contributed by atoms with Gasteiger partial charge in [0.25, 0.3) is 5.91 Å². The highest BCUT2D eigenvalue weighted by Gasteiger charge is 2.48. The van der Waals surface area contributed by atoms with Crippen LogP contribution in [0.4, 0.5) is 14.5 Å². The van der Waals surface area contributed by atoms with Crippen LogP contribution < -0.4 is 20.3 Å². The molecule has 1 aliphatic heterocycles. The van der Waals surface area contributed by atoms with E-state index in [0.717, 1.165) is 11.1 Å². The number of anilines is 1. The maximum absolute atomic E-state index is 13.8. The van der Waals surface area contributed by atoms with Gasteiger partial charge < -0.3 is 25.0 Å². The number of Topliss-reactive ketones (excluding diaryl/α,β-unsaturated/α-hetero) is 1. The van der Waals surface area contributed by atoms with Crippen LogP contribution in [0.2, 0.25) is 0 Å². The number of benzene rings is 4. The summed E-state index contributed by atoms with van der Waals surface area (Å²) in [6.07, 6.45) is 0.816. The van der Waals surface area contributed by atoms with Crippen molar-refractivity contribution in [2.24, 2.45) is 11.8 Å². The van der Waals surface area contributed by atoms with Crippen molar-refractivity contribution in [2.75, 3.05) is 11.5 Å². The first-order valence-corrected chi connectivity index (χ1v) is 19.0. The molecular weight excluding hydrogens is 733 g/mol. The summed E-state index contributed by atoms with van der Waals surface area (Å²) in [4.78, 5) is 67.8. The molecule has 4 aromatic rings. The van der Waals surface area contributed by atoms with Gasteiger partial charge in [-0.15, -0.1) is 0 Å². The van der Waals surface area contributed by atoms with Gasteiger partial charge >= 0.3 is 5.97 Å². The van der Waals surface area contributed by atoms with E-state index < -0.39 is 65.7 Å². The van der Waals surface area contributed by atoms with Crippen molar-refractivity contribution in [3.63, 3.8) is 0 Å². The average Bonchev–Trinajstić information content (AvgIpc) is 3.16. The lowest BCUT2D eigenvalue weighted by Gasteiger charge is -2.47. The number of ether oxygens (including phenoxy) is 2. The van der Waals surface area contributed by atoms with Crippen molar-refractivity contribution >= 4 is 35.2 Å². The maximum atomic E-state index is 13.8. The molecule has 300 valence electrons. The summed E-state index contributed by atoms with van der Waals surface area (Å²) in [5, 5.41) is 5.56. The number of nitrogens with one attached hydrogen (secondary N) is 2. The van der Waals surface area contributed by atoms with E-state index in [4.69, 9.17) is 9.47 Å². The third-order valence-electron chi connectivity index (χ3n) is 9.41. The number of β-lactam (4-membered cyclic amide) rings is 1. The van der Waals surface area contributed by atoms with Gasteiger partial charge in [-0.25, -0.2) is 13.6 Å². The number of carbonyl (C=O) groups excluding carboxylic acids is 5. The van der Waals surface area contributed by atoms with E-state index in [1.54, 1.807) is 49.9 Å². The predicted octanol–water partition coefficient (Wildman–Crippen LogP) is 7.31. The predicted molar refractivity (Wildman–Crippen MR) is 211 cm³/mol. The van der Waals surface area contributed by atoms with E-state index in [2.05, 4.69) is 10.6 Å². The molecule has 2 N–H and O–H groups in total. The number of rotatable bonds is 17. The van der Waals surface area contributed by atoms with Crippen molar-refractivity contribution in [1.29, 1.82) is 0 Å². The molecule has 3 unspecified atom stereocenters. The zero-order chi connectivity index (χ0) is 41.3. The fraction of sp³-hybridized carbons (Fsp3) is 0.356. The van der Waals surface area contributed by atoms with E-state index in [1.165, 1.54) is 48.5 Å². The Bertz CT molecular complexity index is 2020. The Labute approximate surface area is 331 Å². The molecule has 1 fully saturated rings. The van der Waals surface area contributed by atoms with Crippen molar-refractivity contribution in [1.82, 2.24) is 10.6 Å². The highest BCUT2D eigenvalue weighted by molar-refractivity contribution is 6.04. The van der Waals surface area contributed by atoms with Crippen molar-refractivity contribution < 1.29 is 42.2 Å². The first-order chi connectivity index (χ1) is 27.1. The van der Waals surface area contributed by atoms with Crippen LogP contribution in [0, 0.1) is 23.5 Å². The molecule has 0 saturated carbocycles. The molecule has 0 aromatic heterocycles. The molecular formula is C45H49F2N3O7. The minimum atomic E-state index is -0.986. The number of carbonyl (C=O) groups is 5. The van der Waals surface area contributed by atoms with Crippen LogP contribution in [0.15, 0.2) is 103 Å². The van der Waals surface area contributed by atoms with Crippen molar-refractivity contribution in [2.45, 2.75) is 84.0 Å². The zero-order valence-electron chi connectivity index (χ0n) is 32.8. The Kier molecular flexibility index (Phi) is 13.9. The standard InChI is InChI=1S/C45H49F2N3O7/c1-28(2)25-37(42(53)49-38(44(55)57-45(3,4)5)26-29-9-7-6-8-10-29)48-40(52)27-56-35-21-13-31(14-22-35)41-36(23-24-39(51)30-11-15-32(46)16-12-30)43(54)50(41)34-19-17-33(47)18-20-34/h6-22,28,36-38,41H,23-27H2,1-5H3,(H,48,52)(H,49,53)/t36?,37-,38?,41?/m1/s1. The van der Waals surface area contributed by atoms with Crippen molar-refractivity contribution in [3.8, 4) is 5.75 Å². The molecule has 12 heteroatoms. The number of halogens is 2. The molecule has 1 saturated heterocycles. The van der Waals surface area contributed by atoms with Gasteiger partial charge in [-0.05, 0) is 111 Å². The number of ketones is 1. The summed E-state index contributed by atoms with van der Waals surface area (Å²) < 4.78 is 38.6. The van der Waals surface area contributed by atoms with Gasteiger partial charge in [-0.3, -0.25) is 19.2 Å². The molecule has 1 aliphatic rings. The maximum Gasteiger partial charge on any atom is 0.329 e. The second-order valence-electron chi connectivity index (χ2n) is 15.6. The lowest BCUT2D eigenvalue weighted by atomic mass is 9.78. The summed E-state index contributed by atoms with van der Waals surface area (Å²) in [6, 6.07) is 24.5. The van der Waals surface area contributed by atoms with Gasteiger partial charge in [0.1, 0.15) is 35.1 Å². The fourth-order valence-corrected chi connectivity index (χ4v) is 6.70. The summed E-state index contributed by atoms with van der Waals surface area (Å²) >= 11 is 0. The van der Waals surface area contributed by atoms with Crippen LogP contribution in [-0.4, -0.2) is 53.8 Å². The topological polar surface area (TPSA) is 131 Å². The van der Waals surface area contributed by atoms with Crippen LogP contribution in [-0.2, 0) is 30.3 Å². The summed E-state index contributed by atoms with van der Waals surface area (Å²) in [7, 11) is 0. The van der Waals surface area contributed by atoms with Gasteiger partial charge in [0.05, 0.1) is 12.0 Å².